The van der Waals surface area contributed by atoms with Crippen molar-refractivity contribution in [3.05, 3.63) is 27.2 Å². The van der Waals surface area contributed by atoms with Gasteiger partial charge in [0.25, 0.3) is 0 Å². The SMILES string of the molecule is CCN(CC)C(=O)CCn1c(=S)[nH]c2cc(F)c(Br)cc21. The number of fused-ring (bicyclic) bond motifs is 1. The van der Waals surface area contributed by atoms with Gasteiger partial charge in [-0.3, -0.25) is 4.79 Å². The van der Waals surface area contributed by atoms with Crippen LogP contribution in [-0.2, 0) is 11.3 Å². The molecule has 0 aliphatic carbocycles. The van der Waals surface area contributed by atoms with Crippen LogP contribution in [-0.4, -0.2) is 33.4 Å². The van der Waals surface area contributed by atoms with Crippen LogP contribution in [0.2, 0.25) is 0 Å². The quantitative estimate of drug-likeness (QED) is 0.808. The largest absolute Gasteiger partial charge is 0.343 e. The Kier molecular flexibility index (Phi) is 5.16. The molecule has 0 unspecified atom stereocenters. The third kappa shape index (κ3) is 3.35. The molecule has 0 atom stereocenters. The number of halogens is 2. The van der Waals surface area contributed by atoms with Crippen molar-refractivity contribution in [1.82, 2.24) is 14.5 Å². The van der Waals surface area contributed by atoms with Gasteiger partial charge in [-0.25, -0.2) is 4.39 Å². The first-order chi connectivity index (χ1) is 9.97. The summed E-state index contributed by atoms with van der Waals surface area (Å²) in [5.74, 6) is -0.248. The summed E-state index contributed by atoms with van der Waals surface area (Å²) in [7, 11) is 0. The predicted octanol–water partition coefficient (Wildman–Crippen LogP) is 3.86. The minimum atomic E-state index is -0.342. The first-order valence-electron chi connectivity index (χ1n) is 6.83. The molecular weight excluding hydrogens is 357 g/mol. The van der Waals surface area contributed by atoms with Gasteiger partial charge in [0.2, 0.25) is 5.91 Å². The molecule has 1 aromatic heterocycles. The second-order valence-corrected chi connectivity index (χ2v) is 5.92. The lowest BCUT2D eigenvalue weighted by molar-refractivity contribution is -0.131. The van der Waals surface area contributed by atoms with Gasteiger partial charge >= 0.3 is 0 Å². The Balaban J connectivity index is 2.27. The number of nitrogens with zero attached hydrogens (tertiary/aromatic N) is 2. The highest BCUT2D eigenvalue weighted by atomic mass is 79.9. The van der Waals surface area contributed by atoms with E-state index >= 15 is 0 Å². The van der Waals surface area contributed by atoms with Crippen molar-refractivity contribution < 1.29 is 9.18 Å². The lowest BCUT2D eigenvalue weighted by atomic mass is 10.3. The molecule has 7 heteroatoms. The van der Waals surface area contributed by atoms with Crippen LogP contribution in [0.15, 0.2) is 16.6 Å². The number of carbonyl (C=O) groups is 1. The van der Waals surface area contributed by atoms with E-state index in [4.69, 9.17) is 12.2 Å². The van der Waals surface area contributed by atoms with Crippen LogP contribution in [0.1, 0.15) is 20.3 Å². The smallest absolute Gasteiger partial charge is 0.224 e. The zero-order valence-electron chi connectivity index (χ0n) is 11.9. The Morgan fingerprint density at radius 3 is 2.71 bits per heavy atom. The summed E-state index contributed by atoms with van der Waals surface area (Å²) in [5.41, 5.74) is 1.43. The van der Waals surface area contributed by atoms with Crippen molar-refractivity contribution in [2.24, 2.45) is 0 Å². The summed E-state index contributed by atoms with van der Waals surface area (Å²) >= 11 is 8.43. The van der Waals surface area contributed by atoms with Gasteiger partial charge in [-0.2, -0.15) is 0 Å². The molecule has 1 amide bonds. The second-order valence-electron chi connectivity index (χ2n) is 4.68. The number of amides is 1. The number of imidazole rings is 1. The first kappa shape index (κ1) is 16.2. The summed E-state index contributed by atoms with van der Waals surface area (Å²) in [6.45, 7) is 5.79. The van der Waals surface area contributed by atoms with Gasteiger partial charge in [0.05, 0.1) is 15.5 Å². The van der Waals surface area contributed by atoms with Crippen molar-refractivity contribution in [3.8, 4) is 0 Å². The van der Waals surface area contributed by atoms with Gasteiger partial charge in [-0.05, 0) is 48.1 Å². The number of carbonyl (C=O) groups excluding carboxylic acids is 1. The van der Waals surface area contributed by atoms with Crippen molar-refractivity contribution in [1.29, 1.82) is 0 Å². The maximum atomic E-state index is 13.5. The van der Waals surface area contributed by atoms with Crippen LogP contribution in [0.4, 0.5) is 4.39 Å². The molecule has 0 radical (unpaired) electrons. The number of aromatic amines is 1. The molecular formula is C14H17BrFN3OS. The van der Waals surface area contributed by atoms with Gasteiger partial charge in [0, 0.05) is 32.1 Å². The molecule has 2 aromatic rings. The van der Waals surface area contributed by atoms with E-state index in [2.05, 4.69) is 20.9 Å². The maximum Gasteiger partial charge on any atom is 0.224 e. The fourth-order valence-corrected chi connectivity index (χ4v) is 2.95. The Morgan fingerprint density at radius 2 is 2.10 bits per heavy atom. The summed E-state index contributed by atoms with van der Waals surface area (Å²) in [4.78, 5) is 16.8. The molecule has 1 heterocycles. The highest BCUT2D eigenvalue weighted by molar-refractivity contribution is 9.10. The molecule has 114 valence electrons. The van der Waals surface area contributed by atoms with Crippen molar-refractivity contribution in [2.45, 2.75) is 26.8 Å². The first-order valence-corrected chi connectivity index (χ1v) is 8.03. The zero-order chi connectivity index (χ0) is 15.6. The van der Waals surface area contributed by atoms with Crippen molar-refractivity contribution in [3.63, 3.8) is 0 Å². The van der Waals surface area contributed by atoms with Gasteiger partial charge in [0.15, 0.2) is 4.77 Å². The number of aromatic nitrogens is 2. The number of benzene rings is 1. The normalized spacial score (nSPS) is 11.0. The number of hydrogen-bond donors (Lipinski definition) is 1. The van der Waals surface area contributed by atoms with Crippen LogP contribution in [0.25, 0.3) is 11.0 Å². The minimum absolute atomic E-state index is 0.0948. The molecule has 0 aliphatic rings. The van der Waals surface area contributed by atoms with E-state index in [1.165, 1.54) is 6.07 Å². The Labute approximate surface area is 136 Å². The minimum Gasteiger partial charge on any atom is -0.343 e. The van der Waals surface area contributed by atoms with Crippen LogP contribution in [0, 0.1) is 10.6 Å². The Hall–Kier alpha value is -1.21. The summed E-state index contributed by atoms with van der Waals surface area (Å²) in [6.07, 6.45) is 0.373. The molecule has 1 N–H and O–H groups in total. The van der Waals surface area contributed by atoms with E-state index in [0.29, 0.717) is 40.8 Å². The predicted molar refractivity (Wildman–Crippen MR) is 87.3 cm³/mol. The van der Waals surface area contributed by atoms with Gasteiger partial charge in [0.1, 0.15) is 5.82 Å². The fourth-order valence-electron chi connectivity index (χ4n) is 2.32. The van der Waals surface area contributed by atoms with E-state index in [-0.39, 0.29) is 11.7 Å². The molecule has 0 saturated heterocycles. The molecule has 0 fully saturated rings. The zero-order valence-corrected chi connectivity index (χ0v) is 14.4. The average molecular weight is 374 g/mol. The lowest BCUT2D eigenvalue weighted by Gasteiger charge is -2.18. The number of nitrogens with one attached hydrogen (secondary N) is 1. The topological polar surface area (TPSA) is 41.0 Å². The van der Waals surface area contributed by atoms with Gasteiger partial charge in [-0.15, -0.1) is 0 Å². The second kappa shape index (κ2) is 6.70. The molecule has 0 aliphatic heterocycles. The number of H-pyrrole nitrogens is 1. The molecule has 2 rings (SSSR count). The van der Waals surface area contributed by atoms with E-state index in [0.717, 1.165) is 5.52 Å². The van der Waals surface area contributed by atoms with Crippen LogP contribution in [0.5, 0.6) is 0 Å². The van der Waals surface area contributed by atoms with E-state index < -0.39 is 0 Å². The highest BCUT2D eigenvalue weighted by Gasteiger charge is 2.12. The van der Waals surface area contributed by atoms with Crippen LogP contribution < -0.4 is 0 Å². The summed E-state index contributed by atoms with van der Waals surface area (Å²) in [6, 6.07) is 3.08. The van der Waals surface area contributed by atoms with E-state index in [9.17, 15) is 9.18 Å². The highest BCUT2D eigenvalue weighted by Crippen LogP contribution is 2.23. The van der Waals surface area contributed by atoms with E-state index in [1.54, 1.807) is 11.0 Å². The standard InChI is InChI=1S/C14H17BrFN3OS/c1-3-18(4-2)13(20)5-6-19-12-7-9(15)10(16)8-11(12)17-14(19)21/h7-8H,3-6H2,1-2H3,(H,17,21). The number of rotatable bonds is 5. The molecule has 21 heavy (non-hydrogen) atoms. The third-order valence-corrected chi connectivity index (χ3v) is 4.41. The number of aryl methyl sites for hydroxylation is 1. The van der Waals surface area contributed by atoms with Gasteiger partial charge in [-0.1, -0.05) is 0 Å². The molecule has 4 nitrogen and oxygen atoms in total. The maximum absolute atomic E-state index is 13.5. The average Bonchev–Trinajstić information content (AvgIpc) is 2.73. The summed E-state index contributed by atoms with van der Waals surface area (Å²) < 4.78 is 16.2. The lowest BCUT2D eigenvalue weighted by Crippen LogP contribution is -2.31. The third-order valence-electron chi connectivity index (χ3n) is 3.48. The van der Waals surface area contributed by atoms with Gasteiger partial charge < -0.3 is 14.5 Å². The van der Waals surface area contributed by atoms with Crippen molar-refractivity contribution >= 4 is 45.1 Å². The Bertz CT molecular complexity index is 721. The van der Waals surface area contributed by atoms with Crippen LogP contribution >= 0.6 is 28.1 Å². The number of hydrogen-bond acceptors (Lipinski definition) is 2. The fraction of sp³-hybridized carbons (Fsp3) is 0.429. The van der Waals surface area contributed by atoms with Crippen molar-refractivity contribution in [2.75, 3.05) is 13.1 Å². The molecule has 0 bridgehead atoms. The van der Waals surface area contributed by atoms with Crippen LogP contribution in [0.3, 0.4) is 0 Å². The van der Waals surface area contributed by atoms with E-state index in [1.807, 2.05) is 18.4 Å². The monoisotopic (exact) mass is 373 g/mol. The molecule has 1 aromatic carbocycles. The molecule has 0 spiro atoms. The molecule has 0 saturated carbocycles. The Morgan fingerprint density at radius 1 is 1.43 bits per heavy atom. The summed E-state index contributed by atoms with van der Waals surface area (Å²) in [5, 5.41) is 0.